The normalized spacial score (nSPS) is 18.6. The van der Waals surface area contributed by atoms with Gasteiger partial charge in [-0.25, -0.2) is 0 Å². The second-order valence-corrected chi connectivity index (χ2v) is 6.57. The van der Waals surface area contributed by atoms with Crippen LogP contribution in [-0.4, -0.2) is 41.4 Å². The van der Waals surface area contributed by atoms with E-state index in [0.717, 1.165) is 39.0 Å². The predicted molar refractivity (Wildman–Crippen MR) is 102 cm³/mol. The molecule has 0 saturated carbocycles. The number of nitrogens with zero attached hydrogens (tertiary/aromatic N) is 2. The Kier molecular flexibility index (Phi) is 6.02. The molecule has 2 unspecified atom stereocenters. The minimum absolute atomic E-state index is 0.0424. The summed E-state index contributed by atoms with van der Waals surface area (Å²) in [6.45, 7) is 7.04. The molecule has 3 rings (SSSR count). The van der Waals surface area contributed by atoms with Gasteiger partial charge in [0, 0.05) is 26.2 Å². The molecule has 1 saturated heterocycles. The Balaban J connectivity index is 1.55. The molecule has 0 aromatic heterocycles. The zero-order chi connectivity index (χ0) is 17.5. The van der Waals surface area contributed by atoms with Crippen LogP contribution in [0.4, 0.5) is 0 Å². The van der Waals surface area contributed by atoms with Crippen LogP contribution in [0.1, 0.15) is 17.5 Å². The van der Waals surface area contributed by atoms with Crippen molar-refractivity contribution < 1.29 is 4.79 Å². The third-order valence-electron chi connectivity index (χ3n) is 4.66. The summed E-state index contributed by atoms with van der Waals surface area (Å²) in [4.78, 5) is 17.1. The van der Waals surface area contributed by atoms with Gasteiger partial charge in [-0.15, -0.1) is 6.58 Å². The van der Waals surface area contributed by atoms with Crippen LogP contribution in [0.2, 0.25) is 0 Å². The van der Waals surface area contributed by atoms with Crippen LogP contribution in [0.3, 0.4) is 0 Å². The summed E-state index contributed by atoms with van der Waals surface area (Å²) < 4.78 is 0. The highest BCUT2D eigenvalue weighted by molar-refractivity contribution is 5.84. The molecule has 1 fully saturated rings. The Morgan fingerprint density at radius 2 is 1.68 bits per heavy atom. The molecule has 0 spiro atoms. The van der Waals surface area contributed by atoms with Gasteiger partial charge in [-0.2, -0.15) is 0 Å². The van der Waals surface area contributed by atoms with E-state index in [1.807, 2.05) is 47.4 Å². The first-order chi connectivity index (χ1) is 12.3. The number of carbonyl (C=O) groups excluding carboxylic acids is 1. The smallest absolute Gasteiger partial charge is 0.241 e. The topological polar surface area (TPSA) is 23.3 Å². The van der Waals surface area contributed by atoms with Crippen molar-refractivity contribution in [2.45, 2.75) is 25.4 Å². The lowest BCUT2D eigenvalue weighted by Crippen LogP contribution is -2.38. The maximum atomic E-state index is 12.9. The number of hydrogen-bond acceptors (Lipinski definition) is 2. The van der Waals surface area contributed by atoms with Gasteiger partial charge >= 0.3 is 0 Å². The van der Waals surface area contributed by atoms with Crippen LogP contribution >= 0.6 is 0 Å². The van der Waals surface area contributed by atoms with Gasteiger partial charge in [-0.1, -0.05) is 66.7 Å². The highest BCUT2D eigenvalue weighted by Crippen LogP contribution is 2.23. The Hall–Kier alpha value is -2.39. The van der Waals surface area contributed by atoms with Crippen molar-refractivity contribution in [1.29, 1.82) is 0 Å². The van der Waals surface area contributed by atoms with Crippen LogP contribution < -0.4 is 0 Å². The summed E-state index contributed by atoms with van der Waals surface area (Å²) in [6, 6.07) is 20.8. The lowest BCUT2D eigenvalue weighted by atomic mass is 10.1. The average Bonchev–Trinajstić information content (AvgIpc) is 3.42. The molecule has 25 heavy (non-hydrogen) atoms. The number of amides is 1. The molecule has 3 heteroatoms. The predicted octanol–water partition coefficient (Wildman–Crippen LogP) is 3.52. The van der Waals surface area contributed by atoms with Gasteiger partial charge in [-0.3, -0.25) is 9.69 Å². The standard InChI is InChI=1S/C22H26N2O/c1-2-3-15-23(16-14-19-10-6-4-7-11-19)22(25)21-18-24(21)17-20-12-8-5-9-13-20/h2,4-13,21H,1,3,14-18H2. The summed E-state index contributed by atoms with van der Waals surface area (Å²) in [5.41, 5.74) is 2.54. The first-order valence-electron chi connectivity index (χ1n) is 8.99. The van der Waals surface area contributed by atoms with E-state index in [1.165, 1.54) is 11.1 Å². The minimum atomic E-state index is 0.0424. The second-order valence-electron chi connectivity index (χ2n) is 6.57. The van der Waals surface area contributed by atoms with Gasteiger partial charge < -0.3 is 4.90 Å². The van der Waals surface area contributed by atoms with E-state index in [0.29, 0.717) is 0 Å². The third kappa shape index (κ3) is 5.04. The van der Waals surface area contributed by atoms with E-state index >= 15 is 0 Å². The molecule has 2 aromatic rings. The van der Waals surface area contributed by atoms with Crippen LogP contribution in [0.15, 0.2) is 73.3 Å². The molecule has 2 atom stereocenters. The van der Waals surface area contributed by atoms with Crippen LogP contribution in [0.25, 0.3) is 0 Å². The molecule has 0 bridgehead atoms. The molecule has 130 valence electrons. The summed E-state index contributed by atoms with van der Waals surface area (Å²) in [7, 11) is 0. The van der Waals surface area contributed by atoms with Crippen molar-refractivity contribution in [2.24, 2.45) is 0 Å². The largest absolute Gasteiger partial charge is 0.341 e. The lowest BCUT2D eigenvalue weighted by molar-refractivity contribution is -0.131. The van der Waals surface area contributed by atoms with Gasteiger partial charge in [-0.05, 0) is 24.0 Å². The molecule has 1 aliphatic rings. The summed E-state index contributed by atoms with van der Waals surface area (Å²) in [5, 5.41) is 0. The lowest BCUT2D eigenvalue weighted by Gasteiger charge is -2.22. The fourth-order valence-corrected chi connectivity index (χ4v) is 3.10. The Morgan fingerprint density at radius 1 is 1.04 bits per heavy atom. The first-order valence-corrected chi connectivity index (χ1v) is 8.99. The van der Waals surface area contributed by atoms with Gasteiger partial charge in [0.25, 0.3) is 0 Å². The van der Waals surface area contributed by atoms with Gasteiger partial charge in [0.1, 0.15) is 6.04 Å². The van der Waals surface area contributed by atoms with Crippen LogP contribution in [0.5, 0.6) is 0 Å². The second kappa shape index (κ2) is 8.63. The zero-order valence-electron chi connectivity index (χ0n) is 14.7. The van der Waals surface area contributed by atoms with Gasteiger partial charge in [0.2, 0.25) is 5.91 Å². The molecule has 0 aliphatic carbocycles. The van der Waals surface area contributed by atoms with Gasteiger partial charge in [0.15, 0.2) is 0 Å². The van der Waals surface area contributed by atoms with E-state index in [4.69, 9.17) is 0 Å². The quantitative estimate of drug-likeness (QED) is 0.517. The Labute approximate surface area is 150 Å². The van der Waals surface area contributed by atoms with E-state index in [-0.39, 0.29) is 11.9 Å². The number of hydrogen-bond donors (Lipinski definition) is 0. The zero-order valence-corrected chi connectivity index (χ0v) is 14.7. The number of benzene rings is 2. The van der Waals surface area contributed by atoms with E-state index in [2.05, 4.69) is 35.7 Å². The molecule has 3 nitrogen and oxygen atoms in total. The number of rotatable bonds is 9. The van der Waals surface area contributed by atoms with Crippen molar-refractivity contribution in [3.8, 4) is 0 Å². The maximum Gasteiger partial charge on any atom is 0.241 e. The Bertz CT molecular complexity index is 684. The van der Waals surface area contributed by atoms with E-state index in [9.17, 15) is 4.79 Å². The van der Waals surface area contributed by atoms with Crippen LogP contribution in [0, 0.1) is 0 Å². The molecule has 1 amide bonds. The Morgan fingerprint density at radius 3 is 2.32 bits per heavy atom. The van der Waals surface area contributed by atoms with Crippen molar-refractivity contribution in [3.05, 3.63) is 84.4 Å². The van der Waals surface area contributed by atoms with Crippen molar-refractivity contribution >= 4 is 5.91 Å². The summed E-state index contributed by atoms with van der Waals surface area (Å²) >= 11 is 0. The van der Waals surface area contributed by atoms with Crippen molar-refractivity contribution in [3.63, 3.8) is 0 Å². The first kappa shape index (κ1) is 17.4. The molecular formula is C22H26N2O. The monoisotopic (exact) mass is 334 g/mol. The molecule has 1 heterocycles. The van der Waals surface area contributed by atoms with Crippen molar-refractivity contribution in [1.82, 2.24) is 9.80 Å². The molecular weight excluding hydrogens is 308 g/mol. The van der Waals surface area contributed by atoms with E-state index in [1.54, 1.807) is 0 Å². The molecule has 0 radical (unpaired) electrons. The average molecular weight is 334 g/mol. The van der Waals surface area contributed by atoms with Gasteiger partial charge in [0.05, 0.1) is 0 Å². The maximum absolute atomic E-state index is 12.9. The fourth-order valence-electron chi connectivity index (χ4n) is 3.10. The molecule has 0 N–H and O–H groups in total. The minimum Gasteiger partial charge on any atom is -0.341 e. The number of carbonyl (C=O) groups is 1. The highest BCUT2D eigenvalue weighted by Gasteiger charge is 2.42. The van der Waals surface area contributed by atoms with E-state index < -0.39 is 0 Å². The fraction of sp³-hybridized carbons (Fsp3) is 0.318. The summed E-state index contributed by atoms with van der Waals surface area (Å²) in [6.07, 6.45) is 3.62. The molecule has 2 aromatic carbocycles. The molecule has 1 aliphatic heterocycles. The third-order valence-corrected chi connectivity index (χ3v) is 4.66. The van der Waals surface area contributed by atoms with Crippen LogP contribution in [-0.2, 0) is 17.8 Å². The highest BCUT2D eigenvalue weighted by atomic mass is 16.2. The SMILES string of the molecule is C=CCCN(CCc1ccccc1)C(=O)C1CN1Cc1ccccc1. The van der Waals surface area contributed by atoms with Crippen molar-refractivity contribution in [2.75, 3.05) is 19.6 Å². The summed E-state index contributed by atoms with van der Waals surface area (Å²) in [5.74, 6) is 0.258.